The minimum Gasteiger partial charge on any atom is -0.481 e. The molecule has 0 unspecified atom stereocenters. The van der Waals surface area contributed by atoms with Gasteiger partial charge in [-0.1, -0.05) is 6.07 Å². The molecule has 0 saturated carbocycles. The monoisotopic (exact) mass is 289 g/mol. The van der Waals surface area contributed by atoms with E-state index in [1.165, 1.54) is 25.1 Å². The van der Waals surface area contributed by atoms with Crippen LogP contribution in [0.3, 0.4) is 0 Å². The number of sulfonamides is 1. The number of hydrogen-bond acceptors (Lipinski definition) is 3. The Bertz CT molecular complexity index is 544. The molecule has 0 spiro atoms. The molecule has 0 aliphatic heterocycles. The van der Waals surface area contributed by atoms with Crippen LogP contribution in [0.15, 0.2) is 24.3 Å². The Morgan fingerprint density at radius 3 is 2.63 bits per heavy atom. The van der Waals surface area contributed by atoms with E-state index >= 15 is 0 Å². The molecule has 0 fully saturated rings. The van der Waals surface area contributed by atoms with Crippen LogP contribution >= 0.6 is 0 Å². The molecule has 0 radical (unpaired) electrons. The number of halogens is 1. The summed E-state index contributed by atoms with van der Waals surface area (Å²) < 4.78 is 38.1. The van der Waals surface area contributed by atoms with E-state index in [2.05, 4.69) is 0 Å². The molecule has 106 valence electrons. The van der Waals surface area contributed by atoms with Crippen LogP contribution in [0, 0.1) is 5.82 Å². The van der Waals surface area contributed by atoms with Crippen molar-refractivity contribution in [1.82, 2.24) is 0 Å². The Morgan fingerprint density at radius 2 is 2.11 bits per heavy atom. The van der Waals surface area contributed by atoms with E-state index in [4.69, 9.17) is 5.11 Å². The predicted octanol–water partition coefficient (Wildman–Crippen LogP) is 1.85. The molecule has 1 rings (SSSR count). The third-order valence-corrected chi connectivity index (χ3v) is 4.34. The molecular weight excluding hydrogens is 273 g/mol. The Morgan fingerprint density at radius 1 is 1.42 bits per heavy atom. The average Bonchev–Trinajstić information content (AvgIpc) is 2.34. The maximum Gasteiger partial charge on any atom is 0.303 e. The van der Waals surface area contributed by atoms with E-state index < -0.39 is 21.8 Å². The van der Waals surface area contributed by atoms with Crippen molar-refractivity contribution in [2.75, 3.05) is 16.6 Å². The number of hydrogen-bond donors (Lipinski definition) is 1. The molecule has 1 N–H and O–H groups in total. The van der Waals surface area contributed by atoms with Gasteiger partial charge in [0, 0.05) is 13.0 Å². The zero-order valence-electron chi connectivity index (χ0n) is 10.5. The number of benzene rings is 1. The van der Waals surface area contributed by atoms with Gasteiger partial charge in [-0.05, 0) is 31.5 Å². The van der Waals surface area contributed by atoms with Gasteiger partial charge in [-0.15, -0.1) is 0 Å². The number of nitrogens with zero attached hydrogens (tertiary/aromatic N) is 1. The van der Waals surface area contributed by atoms with Gasteiger partial charge in [-0.2, -0.15) is 0 Å². The van der Waals surface area contributed by atoms with Gasteiger partial charge in [0.25, 0.3) is 0 Å². The minimum absolute atomic E-state index is 0.0198. The van der Waals surface area contributed by atoms with Gasteiger partial charge in [0.05, 0.1) is 11.4 Å². The summed E-state index contributed by atoms with van der Waals surface area (Å²) in [5.74, 6) is -1.66. The van der Waals surface area contributed by atoms with Crippen LogP contribution < -0.4 is 4.31 Å². The third-order valence-electron chi connectivity index (χ3n) is 2.55. The molecule has 19 heavy (non-hydrogen) atoms. The predicted molar refractivity (Wildman–Crippen MR) is 70.1 cm³/mol. The van der Waals surface area contributed by atoms with Crippen molar-refractivity contribution in [3.05, 3.63) is 30.1 Å². The Kier molecular flexibility index (Phi) is 5.29. The molecule has 0 aromatic heterocycles. The first-order chi connectivity index (χ1) is 8.86. The van der Waals surface area contributed by atoms with Crippen LogP contribution in [0.1, 0.15) is 19.8 Å². The highest BCUT2D eigenvalue weighted by molar-refractivity contribution is 7.92. The fraction of sp³-hybridized carbons (Fsp3) is 0.417. The van der Waals surface area contributed by atoms with Crippen LogP contribution in [-0.4, -0.2) is 31.8 Å². The summed E-state index contributed by atoms with van der Waals surface area (Å²) >= 11 is 0. The third kappa shape index (κ3) is 4.51. The highest BCUT2D eigenvalue weighted by Crippen LogP contribution is 2.20. The van der Waals surface area contributed by atoms with Crippen molar-refractivity contribution >= 4 is 21.7 Å². The Balaban J connectivity index is 2.96. The fourth-order valence-corrected chi connectivity index (χ4v) is 2.74. The molecule has 0 heterocycles. The molecule has 7 heteroatoms. The van der Waals surface area contributed by atoms with Crippen molar-refractivity contribution in [1.29, 1.82) is 0 Å². The quantitative estimate of drug-likeness (QED) is 0.831. The first-order valence-corrected chi connectivity index (χ1v) is 7.45. The molecular formula is C12H16FNO4S. The van der Waals surface area contributed by atoms with E-state index in [0.717, 1.165) is 10.4 Å². The topological polar surface area (TPSA) is 74.7 Å². The van der Waals surface area contributed by atoms with Gasteiger partial charge < -0.3 is 5.11 Å². The summed E-state index contributed by atoms with van der Waals surface area (Å²) in [6, 6.07) is 5.24. The lowest BCUT2D eigenvalue weighted by Crippen LogP contribution is -2.33. The first kappa shape index (κ1) is 15.4. The van der Waals surface area contributed by atoms with Crippen molar-refractivity contribution in [3.8, 4) is 0 Å². The summed E-state index contributed by atoms with van der Waals surface area (Å²) in [7, 11) is -3.55. The summed E-state index contributed by atoms with van der Waals surface area (Å²) in [6.07, 6.45) is 0.0378. The fourth-order valence-electron chi connectivity index (χ4n) is 1.59. The standard InChI is InChI=1S/C12H16FNO4S/c1-2-19(17,18)14(8-4-7-12(15)16)11-6-3-5-10(13)9-11/h3,5-6,9H,2,4,7-8H2,1H3,(H,15,16). The number of aliphatic carboxylic acids is 1. The van der Waals surface area contributed by atoms with E-state index in [-0.39, 0.29) is 30.8 Å². The minimum atomic E-state index is -3.55. The molecule has 0 bridgehead atoms. The average molecular weight is 289 g/mol. The highest BCUT2D eigenvalue weighted by Gasteiger charge is 2.20. The number of rotatable bonds is 7. The van der Waals surface area contributed by atoms with Crippen molar-refractivity contribution < 1.29 is 22.7 Å². The molecule has 0 atom stereocenters. The SMILES string of the molecule is CCS(=O)(=O)N(CCCC(=O)O)c1cccc(F)c1. The molecule has 0 amide bonds. The van der Waals surface area contributed by atoms with Crippen LogP contribution in [0.4, 0.5) is 10.1 Å². The van der Waals surface area contributed by atoms with Crippen LogP contribution in [0.5, 0.6) is 0 Å². The number of carboxylic acids is 1. The molecule has 1 aromatic carbocycles. The smallest absolute Gasteiger partial charge is 0.303 e. The molecule has 0 aliphatic carbocycles. The molecule has 1 aromatic rings. The second-order valence-electron chi connectivity index (χ2n) is 3.95. The van der Waals surface area contributed by atoms with Gasteiger partial charge in [0.2, 0.25) is 10.0 Å². The lowest BCUT2D eigenvalue weighted by molar-refractivity contribution is -0.137. The zero-order chi connectivity index (χ0) is 14.5. The number of anilines is 1. The van der Waals surface area contributed by atoms with Gasteiger partial charge in [-0.25, -0.2) is 12.8 Å². The van der Waals surface area contributed by atoms with Gasteiger partial charge >= 0.3 is 5.97 Å². The van der Waals surface area contributed by atoms with E-state index in [9.17, 15) is 17.6 Å². The normalized spacial score (nSPS) is 11.3. The van der Waals surface area contributed by atoms with Crippen LogP contribution in [0.2, 0.25) is 0 Å². The van der Waals surface area contributed by atoms with Crippen LogP contribution in [-0.2, 0) is 14.8 Å². The number of carboxylic acid groups (broad SMARTS) is 1. The Labute approximate surface area is 111 Å². The summed E-state index contributed by atoms with van der Waals surface area (Å²) in [4.78, 5) is 10.5. The van der Waals surface area contributed by atoms with E-state index in [0.29, 0.717) is 0 Å². The maximum absolute atomic E-state index is 13.2. The van der Waals surface area contributed by atoms with Crippen molar-refractivity contribution in [3.63, 3.8) is 0 Å². The van der Waals surface area contributed by atoms with Crippen molar-refractivity contribution in [2.45, 2.75) is 19.8 Å². The Hall–Kier alpha value is -1.63. The van der Waals surface area contributed by atoms with Gasteiger partial charge in [0.15, 0.2) is 0 Å². The highest BCUT2D eigenvalue weighted by atomic mass is 32.2. The zero-order valence-corrected chi connectivity index (χ0v) is 11.4. The lowest BCUT2D eigenvalue weighted by atomic mass is 10.3. The van der Waals surface area contributed by atoms with Crippen LogP contribution in [0.25, 0.3) is 0 Å². The van der Waals surface area contributed by atoms with Gasteiger partial charge in [0.1, 0.15) is 5.82 Å². The second-order valence-corrected chi connectivity index (χ2v) is 6.13. The second kappa shape index (κ2) is 6.51. The molecule has 0 saturated heterocycles. The molecule has 5 nitrogen and oxygen atoms in total. The first-order valence-electron chi connectivity index (χ1n) is 5.84. The maximum atomic E-state index is 13.2. The lowest BCUT2D eigenvalue weighted by Gasteiger charge is -2.23. The van der Waals surface area contributed by atoms with Gasteiger partial charge in [-0.3, -0.25) is 9.10 Å². The summed E-state index contributed by atoms with van der Waals surface area (Å²) in [5, 5.41) is 8.57. The summed E-state index contributed by atoms with van der Waals surface area (Å²) in [6.45, 7) is 1.50. The molecule has 0 aliphatic rings. The van der Waals surface area contributed by atoms with Crippen molar-refractivity contribution in [2.24, 2.45) is 0 Å². The number of carbonyl (C=O) groups is 1. The summed E-state index contributed by atoms with van der Waals surface area (Å²) in [5.41, 5.74) is 0.215. The van der Waals surface area contributed by atoms with E-state index in [1.54, 1.807) is 0 Å². The van der Waals surface area contributed by atoms with E-state index in [1.807, 2.05) is 0 Å². The largest absolute Gasteiger partial charge is 0.481 e.